The molecule has 1 aromatic carbocycles. The maximum absolute atomic E-state index is 10.3. The molecule has 2 atom stereocenters. The Morgan fingerprint density at radius 1 is 1.14 bits per heavy atom. The lowest BCUT2D eigenvalue weighted by Crippen LogP contribution is -2.27. The number of rotatable bonds is 3. The Morgan fingerprint density at radius 3 is 2.07 bits per heavy atom. The van der Waals surface area contributed by atoms with Crippen molar-refractivity contribution in [1.29, 1.82) is 0 Å². The van der Waals surface area contributed by atoms with Crippen LogP contribution < -0.4 is 0 Å². The Labute approximate surface area is 79.9 Å². The minimum Gasteiger partial charge on any atom is -0.508 e. The van der Waals surface area contributed by atoms with Gasteiger partial charge in [0.25, 0.3) is 0 Å². The van der Waals surface area contributed by atoms with Crippen LogP contribution in [0.2, 0.25) is 0 Å². The number of aliphatic carboxylic acids is 1. The van der Waals surface area contributed by atoms with Gasteiger partial charge in [-0.05, 0) is 17.7 Å². The smallest absolute Gasteiger partial charge is 0.335 e. The minimum absolute atomic E-state index is 0.00534. The van der Waals surface area contributed by atoms with Gasteiger partial charge >= 0.3 is 5.97 Å². The van der Waals surface area contributed by atoms with Gasteiger partial charge in [-0.2, -0.15) is 0 Å². The van der Waals surface area contributed by atoms with Gasteiger partial charge in [0.1, 0.15) is 11.9 Å². The van der Waals surface area contributed by atoms with Gasteiger partial charge < -0.3 is 20.4 Å². The summed E-state index contributed by atoms with van der Waals surface area (Å²) in [4.78, 5) is 10.3. The Hall–Kier alpha value is -1.59. The fourth-order valence-corrected chi connectivity index (χ4v) is 0.989. The van der Waals surface area contributed by atoms with Crippen LogP contribution >= 0.6 is 0 Å². The number of carbonyl (C=O) groups is 1. The summed E-state index contributed by atoms with van der Waals surface area (Å²) in [6, 6.07) is 5.28. The van der Waals surface area contributed by atoms with Crippen molar-refractivity contribution in [3.63, 3.8) is 0 Å². The lowest BCUT2D eigenvalue weighted by molar-refractivity contribution is -0.153. The highest BCUT2D eigenvalue weighted by Gasteiger charge is 2.24. The molecule has 76 valence electrons. The average Bonchev–Trinajstić information content (AvgIpc) is 2.16. The third-order valence-corrected chi connectivity index (χ3v) is 1.79. The van der Waals surface area contributed by atoms with Crippen LogP contribution in [-0.4, -0.2) is 32.5 Å². The molecule has 0 unspecified atom stereocenters. The summed E-state index contributed by atoms with van der Waals surface area (Å²) in [5.41, 5.74) is 0.234. The lowest BCUT2D eigenvalue weighted by atomic mass is 10.0. The fraction of sp³-hybridized carbons (Fsp3) is 0.222. The molecule has 5 nitrogen and oxygen atoms in total. The largest absolute Gasteiger partial charge is 0.508 e. The summed E-state index contributed by atoms with van der Waals surface area (Å²) in [6.45, 7) is 0. The van der Waals surface area contributed by atoms with Crippen LogP contribution in [0.15, 0.2) is 24.3 Å². The molecule has 0 spiro atoms. The molecule has 0 saturated heterocycles. The van der Waals surface area contributed by atoms with Gasteiger partial charge in [0.05, 0.1) is 0 Å². The molecule has 1 rings (SSSR count). The molecule has 0 aliphatic carbocycles. The van der Waals surface area contributed by atoms with E-state index < -0.39 is 18.2 Å². The quantitative estimate of drug-likeness (QED) is 0.542. The first-order valence-electron chi connectivity index (χ1n) is 3.90. The molecule has 1 aromatic rings. The molecule has 5 heteroatoms. The topological polar surface area (TPSA) is 98.0 Å². The predicted octanol–water partition coefficient (Wildman–Crippen LogP) is -0.129. The SMILES string of the molecule is O=C(O)[C@@H](O)[C@H](O)c1ccc(O)cc1. The van der Waals surface area contributed by atoms with Crippen molar-refractivity contribution in [2.24, 2.45) is 0 Å². The summed E-state index contributed by atoms with van der Waals surface area (Å²) in [5.74, 6) is -1.49. The standard InChI is InChI=1S/C9H10O5/c10-6-3-1-5(2-4-6)7(11)8(12)9(13)14/h1-4,7-8,10-12H,(H,13,14)/t7-,8+/m1/s1. The van der Waals surface area contributed by atoms with E-state index in [2.05, 4.69) is 0 Å². The number of aliphatic hydroxyl groups excluding tert-OH is 2. The lowest BCUT2D eigenvalue weighted by Gasteiger charge is -2.13. The van der Waals surface area contributed by atoms with Crippen LogP contribution in [0.5, 0.6) is 5.75 Å². The Balaban J connectivity index is 2.84. The molecule has 0 aromatic heterocycles. The monoisotopic (exact) mass is 198 g/mol. The van der Waals surface area contributed by atoms with Crippen LogP contribution in [0.1, 0.15) is 11.7 Å². The van der Waals surface area contributed by atoms with Gasteiger partial charge in [0.2, 0.25) is 0 Å². The van der Waals surface area contributed by atoms with Gasteiger partial charge in [-0.25, -0.2) is 4.79 Å². The van der Waals surface area contributed by atoms with E-state index in [1.165, 1.54) is 24.3 Å². The molecule has 0 fully saturated rings. The highest BCUT2D eigenvalue weighted by molar-refractivity contribution is 5.73. The summed E-state index contributed by atoms with van der Waals surface area (Å²) < 4.78 is 0. The van der Waals surface area contributed by atoms with E-state index >= 15 is 0 Å². The molecule has 14 heavy (non-hydrogen) atoms. The molecule has 0 amide bonds. The van der Waals surface area contributed by atoms with Gasteiger partial charge in [-0.3, -0.25) is 0 Å². The second-order valence-electron chi connectivity index (χ2n) is 2.82. The van der Waals surface area contributed by atoms with Gasteiger partial charge in [-0.1, -0.05) is 12.1 Å². The summed E-state index contributed by atoms with van der Waals surface area (Å²) in [5, 5.41) is 35.7. The third kappa shape index (κ3) is 2.21. The van der Waals surface area contributed by atoms with Crippen molar-refractivity contribution in [2.75, 3.05) is 0 Å². The molecule has 0 aliphatic heterocycles. The summed E-state index contributed by atoms with van der Waals surface area (Å²) in [6.07, 6.45) is -3.35. The van der Waals surface area contributed by atoms with Gasteiger partial charge in [0, 0.05) is 0 Å². The highest BCUT2D eigenvalue weighted by atomic mass is 16.4. The Kier molecular flexibility index (Phi) is 3.06. The molecule has 4 N–H and O–H groups in total. The third-order valence-electron chi connectivity index (χ3n) is 1.79. The number of benzene rings is 1. The van der Waals surface area contributed by atoms with Crippen molar-refractivity contribution in [2.45, 2.75) is 12.2 Å². The molecule has 0 bridgehead atoms. The van der Waals surface area contributed by atoms with Crippen LogP contribution in [-0.2, 0) is 4.79 Å². The van der Waals surface area contributed by atoms with Crippen LogP contribution in [0, 0.1) is 0 Å². The first-order valence-corrected chi connectivity index (χ1v) is 3.90. The Morgan fingerprint density at radius 2 is 1.64 bits per heavy atom. The number of phenolic OH excluding ortho intramolecular Hbond substituents is 1. The second kappa shape index (κ2) is 4.08. The van der Waals surface area contributed by atoms with Crippen molar-refractivity contribution in [3.05, 3.63) is 29.8 Å². The normalized spacial score (nSPS) is 14.7. The van der Waals surface area contributed by atoms with Crippen LogP contribution in [0.3, 0.4) is 0 Å². The number of carboxylic acid groups (broad SMARTS) is 1. The van der Waals surface area contributed by atoms with Gasteiger partial charge in [0.15, 0.2) is 6.10 Å². The van der Waals surface area contributed by atoms with E-state index in [0.717, 1.165) is 0 Å². The number of aromatic hydroxyl groups is 1. The minimum atomic E-state index is -1.86. The average molecular weight is 198 g/mol. The maximum atomic E-state index is 10.3. The van der Waals surface area contributed by atoms with Crippen molar-refractivity contribution in [1.82, 2.24) is 0 Å². The molecule has 0 saturated carbocycles. The molecule has 0 heterocycles. The predicted molar refractivity (Wildman–Crippen MR) is 46.7 cm³/mol. The number of carboxylic acids is 1. The number of phenols is 1. The number of hydrogen-bond donors (Lipinski definition) is 4. The molecular weight excluding hydrogens is 188 g/mol. The van der Waals surface area contributed by atoms with Crippen molar-refractivity contribution < 1.29 is 25.2 Å². The highest BCUT2D eigenvalue weighted by Crippen LogP contribution is 2.19. The number of aliphatic hydroxyl groups is 2. The molecular formula is C9H10O5. The zero-order valence-electron chi connectivity index (χ0n) is 7.16. The molecule has 0 aliphatic rings. The van der Waals surface area contributed by atoms with Crippen LogP contribution in [0.25, 0.3) is 0 Å². The van der Waals surface area contributed by atoms with E-state index in [0.29, 0.717) is 0 Å². The zero-order chi connectivity index (χ0) is 10.7. The van der Waals surface area contributed by atoms with Crippen molar-refractivity contribution >= 4 is 5.97 Å². The maximum Gasteiger partial charge on any atom is 0.335 e. The summed E-state index contributed by atoms with van der Waals surface area (Å²) in [7, 11) is 0. The first kappa shape index (κ1) is 10.5. The zero-order valence-corrected chi connectivity index (χ0v) is 7.16. The van der Waals surface area contributed by atoms with Gasteiger partial charge in [-0.15, -0.1) is 0 Å². The Bertz CT molecular complexity index is 318. The van der Waals surface area contributed by atoms with E-state index in [9.17, 15) is 9.90 Å². The number of hydrogen-bond acceptors (Lipinski definition) is 4. The molecule has 0 radical (unpaired) electrons. The summed E-state index contributed by atoms with van der Waals surface area (Å²) >= 11 is 0. The van der Waals surface area contributed by atoms with Crippen LogP contribution in [0.4, 0.5) is 0 Å². The fourth-order valence-electron chi connectivity index (χ4n) is 0.989. The van der Waals surface area contributed by atoms with Crippen molar-refractivity contribution in [3.8, 4) is 5.75 Å². The van der Waals surface area contributed by atoms with E-state index in [4.69, 9.17) is 15.3 Å². The van der Waals surface area contributed by atoms with E-state index in [1.807, 2.05) is 0 Å². The van der Waals surface area contributed by atoms with E-state index in [1.54, 1.807) is 0 Å². The first-order chi connectivity index (χ1) is 6.52. The van der Waals surface area contributed by atoms with E-state index in [-0.39, 0.29) is 11.3 Å². The second-order valence-corrected chi connectivity index (χ2v) is 2.82.